The second-order valence-corrected chi connectivity index (χ2v) is 6.11. The molecule has 2 N–H and O–H groups in total. The number of carbonyl (C=O) groups excluding carboxylic acids is 3. The van der Waals surface area contributed by atoms with E-state index in [0.717, 1.165) is 6.42 Å². The zero-order chi connectivity index (χ0) is 15.5. The maximum absolute atomic E-state index is 12.0. The van der Waals surface area contributed by atoms with Crippen molar-refractivity contribution in [2.45, 2.75) is 27.2 Å². The first-order valence-electron chi connectivity index (χ1n) is 6.73. The van der Waals surface area contributed by atoms with E-state index in [0.29, 0.717) is 24.8 Å². The Labute approximate surface area is 125 Å². The van der Waals surface area contributed by atoms with Gasteiger partial charge in [0, 0.05) is 32.8 Å². The molecule has 6 nitrogen and oxygen atoms in total. The quantitative estimate of drug-likeness (QED) is 0.703. The number of amides is 3. The van der Waals surface area contributed by atoms with Gasteiger partial charge in [0.1, 0.15) is 0 Å². The summed E-state index contributed by atoms with van der Waals surface area (Å²) in [7, 11) is 1.52. The van der Waals surface area contributed by atoms with E-state index in [2.05, 4.69) is 24.5 Å². The Kier molecular flexibility index (Phi) is 9.88. The Morgan fingerprint density at radius 3 is 2.35 bits per heavy atom. The molecule has 0 saturated carbocycles. The van der Waals surface area contributed by atoms with Crippen LogP contribution >= 0.6 is 11.8 Å². The van der Waals surface area contributed by atoms with Crippen molar-refractivity contribution in [2.75, 3.05) is 32.4 Å². The van der Waals surface area contributed by atoms with Gasteiger partial charge in [-0.15, -0.1) is 0 Å². The fourth-order valence-corrected chi connectivity index (χ4v) is 1.98. The van der Waals surface area contributed by atoms with Crippen LogP contribution < -0.4 is 10.6 Å². The van der Waals surface area contributed by atoms with Crippen molar-refractivity contribution in [3.05, 3.63) is 0 Å². The number of thioether (sulfide) groups is 1. The molecule has 0 aliphatic rings. The van der Waals surface area contributed by atoms with Crippen molar-refractivity contribution in [3.63, 3.8) is 0 Å². The predicted molar refractivity (Wildman–Crippen MR) is 81.6 cm³/mol. The Morgan fingerprint density at radius 2 is 1.85 bits per heavy atom. The number of nitrogens with one attached hydrogen (secondary N) is 2. The van der Waals surface area contributed by atoms with Crippen LogP contribution in [-0.2, 0) is 9.59 Å². The minimum absolute atomic E-state index is 0.0344. The summed E-state index contributed by atoms with van der Waals surface area (Å²) in [6.45, 7) is 6.77. The van der Waals surface area contributed by atoms with Crippen molar-refractivity contribution in [1.82, 2.24) is 15.5 Å². The molecule has 0 heterocycles. The number of nitrogens with zero attached hydrogens (tertiary/aromatic N) is 1. The molecule has 0 bridgehead atoms. The van der Waals surface area contributed by atoms with Crippen LogP contribution in [0.1, 0.15) is 27.2 Å². The third-order valence-corrected chi connectivity index (χ3v) is 3.40. The molecule has 0 aromatic carbocycles. The van der Waals surface area contributed by atoms with Crippen LogP contribution in [0.2, 0.25) is 0 Å². The largest absolute Gasteiger partial charge is 0.358 e. The summed E-state index contributed by atoms with van der Waals surface area (Å²) in [5.41, 5.74) is 0. The van der Waals surface area contributed by atoms with Gasteiger partial charge in [0.05, 0.1) is 6.54 Å². The Bertz CT molecular complexity index is 335. The molecule has 0 saturated heterocycles. The molecule has 0 aliphatic carbocycles. The topological polar surface area (TPSA) is 78.5 Å². The maximum Gasteiger partial charge on any atom is 0.317 e. The molecule has 0 fully saturated rings. The van der Waals surface area contributed by atoms with E-state index < -0.39 is 0 Å². The average molecular weight is 303 g/mol. The Morgan fingerprint density at radius 1 is 1.20 bits per heavy atom. The molecular weight excluding hydrogens is 278 g/mol. The highest BCUT2D eigenvalue weighted by Crippen LogP contribution is 2.06. The highest BCUT2D eigenvalue weighted by molar-refractivity contribution is 8.13. The standard InChI is InChI=1S/C13H25N3O3S/c1-10(2)5-6-16(7-8-20-11(3)17)13(19)15-9-12(18)14-4/h10H,5-9H2,1-4H3,(H,14,18)(H,15,19). The molecule has 0 unspecified atom stereocenters. The van der Waals surface area contributed by atoms with Crippen LogP contribution in [0, 0.1) is 5.92 Å². The first-order valence-corrected chi connectivity index (χ1v) is 7.72. The number of carbonyl (C=O) groups is 3. The number of hydrogen-bond donors (Lipinski definition) is 2. The van der Waals surface area contributed by atoms with Gasteiger partial charge < -0.3 is 15.5 Å². The fourth-order valence-electron chi connectivity index (χ4n) is 1.38. The Balaban J connectivity index is 4.29. The summed E-state index contributed by atoms with van der Waals surface area (Å²) in [5, 5.41) is 5.06. The molecule has 7 heteroatoms. The second-order valence-electron chi connectivity index (χ2n) is 4.84. The van der Waals surface area contributed by atoms with E-state index in [1.807, 2.05) is 0 Å². The van der Waals surface area contributed by atoms with Gasteiger partial charge in [-0.2, -0.15) is 0 Å². The molecule has 116 valence electrons. The summed E-state index contributed by atoms with van der Waals surface area (Å²) < 4.78 is 0. The van der Waals surface area contributed by atoms with E-state index in [1.165, 1.54) is 25.7 Å². The molecule has 0 aromatic rings. The van der Waals surface area contributed by atoms with Crippen LogP contribution in [0.5, 0.6) is 0 Å². The zero-order valence-electron chi connectivity index (χ0n) is 12.7. The summed E-state index contributed by atoms with van der Waals surface area (Å²) in [6.07, 6.45) is 0.887. The van der Waals surface area contributed by atoms with Crippen LogP contribution in [0.15, 0.2) is 0 Å². The van der Waals surface area contributed by atoms with Crippen molar-refractivity contribution >= 4 is 28.8 Å². The highest BCUT2D eigenvalue weighted by atomic mass is 32.2. The van der Waals surface area contributed by atoms with Crippen LogP contribution in [-0.4, -0.2) is 54.4 Å². The van der Waals surface area contributed by atoms with Gasteiger partial charge in [-0.25, -0.2) is 4.79 Å². The minimum Gasteiger partial charge on any atom is -0.358 e. The molecule has 0 aliphatic heterocycles. The molecular formula is C13H25N3O3S. The second kappa shape index (κ2) is 10.5. The SMILES string of the molecule is CNC(=O)CNC(=O)N(CCSC(C)=O)CCC(C)C. The van der Waals surface area contributed by atoms with E-state index in [9.17, 15) is 14.4 Å². The first-order chi connectivity index (χ1) is 9.36. The van der Waals surface area contributed by atoms with Crippen LogP contribution in [0.25, 0.3) is 0 Å². The normalized spacial score (nSPS) is 10.2. The Hall–Kier alpha value is -1.24. The molecule has 0 atom stereocenters. The fraction of sp³-hybridized carbons (Fsp3) is 0.769. The molecule has 0 rings (SSSR count). The zero-order valence-corrected chi connectivity index (χ0v) is 13.5. The van der Waals surface area contributed by atoms with E-state index >= 15 is 0 Å². The third-order valence-electron chi connectivity index (χ3n) is 2.61. The lowest BCUT2D eigenvalue weighted by molar-refractivity contribution is -0.119. The predicted octanol–water partition coefficient (Wildman–Crippen LogP) is 1.07. The maximum atomic E-state index is 12.0. The summed E-state index contributed by atoms with van der Waals surface area (Å²) in [5.74, 6) is 0.825. The van der Waals surface area contributed by atoms with Crippen LogP contribution in [0.3, 0.4) is 0 Å². The number of hydrogen-bond acceptors (Lipinski definition) is 4. The summed E-state index contributed by atoms with van der Waals surface area (Å²) in [6, 6.07) is -0.265. The first kappa shape index (κ1) is 18.8. The average Bonchev–Trinajstić information content (AvgIpc) is 2.38. The van der Waals surface area contributed by atoms with E-state index in [-0.39, 0.29) is 23.6 Å². The van der Waals surface area contributed by atoms with Crippen molar-refractivity contribution < 1.29 is 14.4 Å². The van der Waals surface area contributed by atoms with Crippen molar-refractivity contribution in [3.8, 4) is 0 Å². The molecule has 0 aromatic heterocycles. The van der Waals surface area contributed by atoms with Gasteiger partial charge in [-0.05, 0) is 12.3 Å². The van der Waals surface area contributed by atoms with Crippen molar-refractivity contribution in [2.24, 2.45) is 5.92 Å². The van der Waals surface area contributed by atoms with Crippen molar-refractivity contribution in [1.29, 1.82) is 0 Å². The van der Waals surface area contributed by atoms with Gasteiger partial charge in [-0.1, -0.05) is 25.6 Å². The van der Waals surface area contributed by atoms with Gasteiger partial charge in [0.25, 0.3) is 0 Å². The summed E-state index contributed by atoms with van der Waals surface area (Å²) >= 11 is 1.20. The van der Waals surface area contributed by atoms with E-state index in [4.69, 9.17) is 0 Å². The third kappa shape index (κ3) is 9.66. The monoisotopic (exact) mass is 303 g/mol. The number of urea groups is 1. The molecule has 20 heavy (non-hydrogen) atoms. The molecule has 0 radical (unpaired) electrons. The number of rotatable bonds is 8. The summed E-state index contributed by atoms with van der Waals surface area (Å²) in [4.78, 5) is 35.7. The molecule has 3 amide bonds. The van der Waals surface area contributed by atoms with Gasteiger partial charge >= 0.3 is 6.03 Å². The lowest BCUT2D eigenvalue weighted by atomic mass is 10.1. The number of likely N-dealkylation sites (N-methyl/N-ethyl adjacent to an activating group) is 1. The minimum atomic E-state index is -0.265. The smallest absolute Gasteiger partial charge is 0.317 e. The highest BCUT2D eigenvalue weighted by Gasteiger charge is 2.14. The lowest BCUT2D eigenvalue weighted by Crippen LogP contribution is -2.45. The van der Waals surface area contributed by atoms with Crippen LogP contribution in [0.4, 0.5) is 4.79 Å². The van der Waals surface area contributed by atoms with Gasteiger partial charge in [0.2, 0.25) is 5.91 Å². The van der Waals surface area contributed by atoms with E-state index in [1.54, 1.807) is 4.90 Å². The molecule has 0 spiro atoms. The van der Waals surface area contributed by atoms with Gasteiger partial charge in [-0.3, -0.25) is 9.59 Å². The lowest BCUT2D eigenvalue weighted by Gasteiger charge is -2.23. The van der Waals surface area contributed by atoms with Gasteiger partial charge in [0.15, 0.2) is 5.12 Å².